The van der Waals surface area contributed by atoms with Gasteiger partial charge in [0, 0.05) is 26.6 Å². The van der Waals surface area contributed by atoms with E-state index in [-0.39, 0.29) is 0 Å². The highest BCUT2D eigenvalue weighted by Crippen LogP contribution is 2.12. The smallest absolute Gasteiger partial charge is 0.133 e. The monoisotopic (exact) mass is 288 g/mol. The Morgan fingerprint density at radius 2 is 2.05 bits per heavy atom. The lowest BCUT2D eigenvalue weighted by Crippen LogP contribution is -2.18. The Balaban J connectivity index is 1.67. The number of hydrogen-bond donors (Lipinski definition) is 1. The number of benzene rings is 1. The van der Waals surface area contributed by atoms with Crippen LogP contribution >= 0.6 is 0 Å². The number of ether oxygens (including phenoxy) is 1. The first kappa shape index (κ1) is 15.5. The molecule has 0 amide bonds. The van der Waals surface area contributed by atoms with Crippen LogP contribution in [0, 0.1) is 0 Å². The lowest BCUT2D eigenvalue weighted by atomic mass is 10.2. The number of rotatable bonds is 9. The standard InChI is InChI=1S/C16H24N4O/c1-3-4-11-21-15-7-5-14(6-8-15)12-17-10-9-16-19-18-13-20(16)2/h5-8,13,17H,3-4,9-12H2,1-2H3. The van der Waals surface area contributed by atoms with E-state index in [0.29, 0.717) is 0 Å². The van der Waals surface area contributed by atoms with Gasteiger partial charge in [0.15, 0.2) is 0 Å². The van der Waals surface area contributed by atoms with Crippen molar-refractivity contribution in [1.29, 1.82) is 0 Å². The van der Waals surface area contributed by atoms with Crippen molar-refractivity contribution in [3.05, 3.63) is 42.0 Å². The van der Waals surface area contributed by atoms with Crippen molar-refractivity contribution in [2.24, 2.45) is 7.05 Å². The zero-order chi connectivity index (χ0) is 14.9. The van der Waals surface area contributed by atoms with Crippen molar-refractivity contribution in [2.75, 3.05) is 13.2 Å². The molecule has 5 heteroatoms. The summed E-state index contributed by atoms with van der Waals surface area (Å²) >= 11 is 0. The molecule has 5 nitrogen and oxygen atoms in total. The van der Waals surface area contributed by atoms with Crippen LogP contribution < -0.4 is 10.1 Å². The first-order valence-corrected chi connectivity index (χ1v) is 7.55. The quantitative estimate of drug-likeness (QED) is 0.720. The fourth-order valence-electron chi connectivity index (χ4n) is 2.00. The third-order valence-electron chi connectivity index (χ3n) is 3.35. The van der Waals surface area contributed by atoms with Crippen molar-refractivity contribution in [3.8, 4) is 5.75 Å². The molecule has 0 unspecified atom stereocenters. The van der Waals surface area contributed by atoms with Gasteiger partial charge in [-0.2, -0.15) is 0 Å². The average molecular weight is 288 g/mol. The van der Waals surface area contributed by atoms with E-state index in [9.17, 15) is 0 Å². The summed E-state index contributed by atoms with van der Waals surface area (Å²) in [5.74, 6) is 1.95. The minimum Gasteiger partial charge on any atom is -0.494 e. The SMILES string of the molecule is CCCCOc1ccc(CNCCc2nncn2C)cc1. The molecule has 0 atom stereocenters. The summed E-state index contributed by atoms with van der Waals surface area (Å²) in [6.07, 6.45) is 4.88. The molecule has 114 valence electrons. The Bertz CT molecular complexity index is 521. The van der Waals surface area contributed by atoms with Gasteiger partial charge in [0.05, 0.1) is 6.61 Å². The summed E-state index contributed by atoms with van der Waals surface area (Å²) < 4.78 is 7.60. The first-order chi connectivity index (χ1) is 10.3. The second kappa shape index (κ2) is 8.42. The van der Waals surface area contributed by atoms with Crippen molar-refractivity contribution >= 4 is 0 Å². The Morgan fingerprint density at radius 1 is 1.24 bits per heavy atom. The molecule has 1 aromatic heterocycles. The molecule has 0 aliphatic carbocycles. The molecule has 1 heterocycles. The molecule has 0 aliphatic heterocycles. The molecular weight excluding hydrogens is 264 g/mol. The molecule has 21 heavy (non-hydrogen) atoms. The second-order valence-electron chi connectivity index (χ2n) is 5.13. The van der Waals surface area contributed by atoms with Crippen LogP contribution in [-0.4, -0.2) is 27.9 Å². The molecule has 0 saturated heterocycles. The van der Waals surface area contributed by atoms with Crippen LogP contribution in [0.15, 0.2) is 30.6 Å². The van der Waals surface area contributed by atoms with Crippen LogP contribution in [0.1, 0.15) is 31.2 Å². The predicted molar refractivity (Wildman–Crippen MR) is 83.3 cm³/mol. The topological polar surface area (TPSA) is 52.0 Å². The molecule has 0 aliphatic rings. The lowest BCUT2D eigenvalue weighted by molar-refractivity contribution is 0.309. The number of unbranched alkanes of at least 4 members (excludes halogenated alkanes) is 1. The Hall–Kier alpha value is -1.88. The van der Waals surface area contributed by atoms with Crippen molar-refractivity contribution in [1.82, 2.24) is 20.1 Å². The van der Waals surface area contributed by atoms with Crippen LogP contribution in [0.2, 0.25) is 0 Å². The number of hydrogen-bond acceptors (Lipinski definition) is 4. The van der Waals surface area contributed by atoms with Crippen molar-refractivity contribution in [3.63, 3.8) is 0 Å². The highest BCUT2D eigenvalue weighted by Gasteiger charge is 2.00. The zero-order valence-electron chi connectivity index (χ0n) is 12.9. The van der Waals surface area contributed by atoms with Gasteiger partial charge in [-0.1, -0.05) is 25.5 Å². The van der Waals surface area contributed by atoms with Gasteiger partial charge in [-0.15, -0.1) is 10.2 Å². The summed E-state index contributed by atoms with van der Waals surface area (Å²) in [5, 5.41) is 11.4. The third-order valence-corrected chi connectivity index (χ3v) is 3.35. The summed E-state index contributed by atoms with van der Waals surface area (Å²) in [5.41, 5.74) is 1.26. The van der Waals surface area contributed by atoms with Crippen LogP contribution in [0.5, 0.6) is 5.75 Å². The molecule has 0 spiro atoms. The number of nitrogens with one attached hydrogen (secondary N) is 1. The minimum atomic E-state index is 0.797. The van der Waals surface area contributed by atoms with Gasteiger partial charge in [-0.25, -0.2) is 0 Å². The summed E-state index contributed by atoms with van der Waals surface area (Å²) in [4.78, 5) is 0. The van der Waals surface area contributed by atoms with E-state index >= 15 is 0 Å². The normalized spacial score (nSPS) is 10.8. The Labute approximate surface area is 126 Å². The van der Waals surface area contributed by atoms with Crippen LogP contribution in [0.3, 0.4) is 0 Å². The molecule has 0 fully saturated rings. The molecular formula is C16H24N4O. The number of nitrogens with zero attached hydrogens (tertiary/aromatic N) is 3. The Kier molecular flexibility index (Phi) is 6.22. The number of aromatic nitrogens is 3. The van der Waals surface area contributed by atoms with E-state index in [1.54, 1.807) is 6.33 Å². The Morgan fingerprint density at radius 3 is 2.71 bits per heavy atom. The maximum absolute atomic E-state index is 5.65. The van der Waals surface area contributed by atoms with Gasteiger partial charge in [0.25, 0.3) is 0 Å². The fourth-order valence-corrected chi connectivity index (χ4v) is 2.00. The van der Waals surface area contributed by atoms with Crippen LogP contribution in [-0.2, 0) is 20.0 Å². The summed E-state index contributed by atoms with van der Waals surface area (Å²) in [6.45, 7) is 4.71. The zero-order valence-corrected chi connectivity index (χ0v) is 12.9. The van der Waals surface area contributed by atoms with Gasteiger partial charge in [-0.05, 0) is 24.1 Å². The largest absolute Gasteiger partial charge is 0.494 e. The highest BCUT2D eigenvalue weighted by atomic mass is 16.5. The minimum absolute atomic E-state index is 0.797. The maximum atomic E-state index is 5.65. The van der Waals surface area contributed by atoms with Crippen molar-refractivity contribution < 1.29 is 4.74 Å². The van der Waals surface area contributed by atoms with E-state index in [0.717, 1.165) is 50.5 Å². The summed E-state index contributed by atoms with van der Waals surface area (Å²) in [6, 6.07) is 8.29. The van der Waals surface area contributed by atoms with Gasteiger partial charge < -0.3 is 14.6 Å². The van der Waals surface area contributed by atoms with Crippen molar-refractivity contribution in [2.45, 2.75) is 32.7 Å². The van der Waals surface area contributed by atoms with E-state index < -0.39 is 0 Å². The van der Waals surface area contributed by atoms with Gasteiger partial charge in [-0.3, -0.25) is 0 Å². The van der Waals surface area contributed by atoms with Gasteiger partial charge >= 0.3 is 0 Å². The molecule has 2 aromatic rings. The van der Waals surface area contributed by atoms with Gasteiger partial charge in [0.2, 0.25) is 0 Å². The second-order valence-corrected chi connectivity index (χ2v) is 5.13. The predicted octanol–water partition coefficient (Wildman–Crippen LogP) is 2.33. The third kappa shape index (κ3) is 5.19. The molecule has 0 saturated carbocycles. The first-order valence-electron chi connectivity index (χ1n) is 7.55. The maximum Gasteiger partial charge on any atom is 0.133 e. The molecule has 0 radical (unpaired) electrons. The van der Waals surface area contributed by atoms with E-state index in [4.69, 9.17) is 4.74 Å². The van der Waals surface area contributed by atoms with E-state index in [1.807, 2.05) is 23.7 Å². The molecule has 2 rings (SSSR count). The van der Waals surface area contributed by atoms with Crippen LogP contribution in [0.25, 0.3) is 0 Å². The van der Waals surface area contributed by atoms with Gasteiger partial charge in [0.1, 0.15) is 17.9 Å². The summed E-state index contributed by atoms with van der Waals surface area (Å²) in [7, 11) is 1.96. The average Bonchev–Trinajstić information content (AvgIpc) is 2.91. The molecule has 1 aromatic carbocycles. The molecule has 0 bridgehead atoms. The van der Waals surface area contributed by atoms with E-state index in [1.165, 1.54) is 5.56 Å². The van der Waals surface area contributed by atoms with Crippen LogP contribution in [0.4, 0.5) is 0 Å². The number of aryl methyl sites for hydroxylation is 1. The fraction of sp³-hybridized carbons (Fsp3) is 0.500. The lowest BCUT2D eigenvalue weighted by Gasteiger charge is -2.07. The molecule has 1 N–H and O–H groups in total. The highest BCUT2D eigenvalue weighted by molar-refractivity contribution is 5.27. The van der Waals surface area contributed by atoms with E-state index in [2.05, 4.69) is 34.6 Å².